The van der Waals surface area contributed by atoms with E-state index in [1.54, 1.807) is 11.4 Å². The van der Waals surface area contributed by atoms with Crippen LogP contribution in [-0.4, -0.2) is 30.4 Å². The number of hydrogen-bond acceptors (Lipinski definition) is 4. The molecule has 2 aromatic rings. The summed E-state index contributed by atoms with van der Waals surface area (Å²) in [5.41, 5.74) is 0. The van der Waals surface area contributed by atoms with Crippen molar-refractivity contribution >= 4 is 39.0 Å². The SMILES string of the molecule is [2H]C1([2H])NC([2H])([2H])C([2H])([2H])N(c2nsc3cc(Cl)ccc23)C1([2H])[2H]. The second-order valence-corrected chi connectivity index (χ2v) is 4.32. The van der Waals surface area contributed by atoms with Gasteiger partial charge in [0, 0.05) is 41.9 Å². The Hall–Kier alpha value is -0.840. The predicted octanol–water partition coefficient (Wildman–Crippen LogP) is 2.36. The molecule has 0 radical (unpaired) electrons. The van der Waals surface area contributed by atoms with Crippen LogP contribution in [0.4, 0.5) is 5.82 Å². The molecule has 0 atom stereocenters. The summed E-state index contributed by atoms with van der Waals surface area (Å²) in [4.78, 5) is 0.434. The van der Waals surface area contributed by atoms with Gasteiger partial charge in [-0.25, -0.2) is 0 Å². The first kappa shape index (κ1) is 4.80. The van der Waals surface area contributed by atoms with Crippen LogP contribution < -0.4 is 10.2 Å². The van der Waals surface area contributed by atoms with E-state index < -0.39 is 26.0 Å². The Bertz CT molecular complexity index is 782. The van der Waals surface area contributed by atoms with Crippen LogP contribution in [0.3, 0.4) is 0 Å². The van der Waals surface area contributed by atoms with Gasteiger partial charge in [-0.15, -0.1) is 0 Å². The summed E-state index contributed by atoms with van der Waals surface area (Å²) in [5.74, 6) is -0.170. The van der Waals surface area contributed by atoms with Gasteiger partial charge in [-0.05, 0) is 29.7 Å². The summed E-state index contributed by atoms with van der Waals surface area (Å²) in [6.07, 6.45) is 0. The van der Waals surface area contributed by atoms with Gasteiger partial charge >= 0.3 is 0 Å². The number of rotatable bonds is 1. The maximum absolute atomic E-state index is 8.10. The Morgan fingerprint density at radius 3 is 3.06 bits per heavy atom. The molecule has 0 bridgehead atoms. The number of aromatic nitrogens is 1. The van der Waals surface area contributed by atoms with E-state index in [1.807, 2.05) is 0 Å². The summed E-state index contributed by atoms with van der Waals surface area (Å²) >= 11 is 6.85. The second-order valence-electron chi connectivity index (χ2n) is 3.08. The van der Waals surface area contributed by atoms with Gasteiger partial charge in [-0.1, -0.05) is 11.6 Å². The average Bonchev–Trinajstić information content (AvgIpc) is 2.78. The van der Waals surface area contributed by atoms with E-state index in [0.29, 0.717) is 20.0 Å². The average molecular weight is 262 g/mol. The van der Waals surface area contributed by atoms with Crippen molar-refractivity contribution in [3.63, 3.8) is 0 Å². The van der Waals surface area contributed by atoms with Crippen molar-refractivity contribution < 1.29 is 11.0 Å². The highest BCUT2D eigenvalue weighted by atomic mass is 35.5. The fraction of sp³-hybridized carbons (Fsp3) is 0.364. The molecular weight excluding hydrogens is 242 g/mol. The van der Waals surface area contributed by atoms with Gasteiger partial charge < -0.3 is 10.2 Å². The van der Waals surface area contributed by atoms with Crippen molar-refractivity contribution in [2.24, 2.45) is 0 Å². The minimum atomic E-state index is -2.90. The molecule has 1 aromatic heterocycles. The first-order valence-corrected chi connectivity index (χ1v) is 5.61. The Kier molecular flexibility index (Phi) is 1.26. The van der Waals surface area contributed by atoms with Crippen molar-refractivity contribution in [2.75, 3.05) is 30.9 Å². The molecule has 16 heavy (non-hydrogen) atoms. The van der Waals surface area contributed by atoms with E-state index in [2.05, 4.69) is 4.37 Å². The normalized spacial score (nSPS) is 36.9. The third kappa shape index (κ3) is 1.77. The zero-order valence-electron chi connectivity index (χ0n) is 15.9. The van der Waals surface area contributed by atoms with Crippen molar-refractivity contribution in [2.45, 2.75) is 0 Å². The van der Waals surface area contributed by atoms with Gasteiger partial charge in [0.2, 0.25) is 0 Å². The van der Waals surface area contributed by atoms with E-state index in [4.69, 9.17) is 22.6 Å². The van der Waals surface area contributed by atoms with E-state index >= 15 is 0 Å². The van der Waals surface area contributed by atoms with Crippen LogP contribution in [0.1, 0.15) is 11.0 Å². The summed E-state index contributed by atoms with van der Waals surface area (Å²) < 4.78 is 68.3. The van der Waals surface area contributed by atoms with E-state index in [0.717, 1.165) is 11.5 Å². The van der Waals surface area contributed by atoms with Gasteiger partial charge in [0.05, 0.1) is 10.2 Å². The third-order valence-corrected chi connectivity index (χ3v) is 3.12. The molecule has 3 nitrogen and oxygen atoms in total. The molecule has 3 rings (SSSR count). The molecule has 0 amide bonds. The molecule has 1 fully saturated rings. The second kappa shape index (κ2) is 4.20. The Morgan fingerprint density at radius 2 is 2.25 bits per heavy atom. The van der Waals surface area contributed by atoms with E-state index in [1.165, 1.54) is 12.1 Å². The van der Waals surface area contributed by atoms with Crippen LogP contribution in [0.15, 0.2) is 18.2 Å². The monoisotopic (exact) mass is 261 g/mol. The van der Waals surface area contributed by atoms with Gasteiger partial charge in [-0.2, -0.15) is 4.37 Å². The first-order valence-electron chi connectivity index (χ1n) is 8.46. The highest BCUT2D eigenvalue weighted by Gasteiger charge is 2.16. The van der Waals surface area contributed by atoms with Crippen LogP contribution in [0, 0.1) is 0 Å². The zero-order chi connectivity index (χ0) is 18.1. The lowest BCUT2D eigenvalue weighted by Gasteiger charge is -2.27. The fourth-order valence-electron chi connectivity index (χ4n) is 1.39. The Morgan fingerprint density at radius 1 is 1.44 bits per heavy atom. The molecule has 84 valence electrons. The van der Waals surface area contributed by atoms with Crippen LogP contribution in [-0.2, 0) is 0 Å². The number of fused-ring (bicyclic) bond motifs is 1. The number of nitrogens with one attached hydrogen (secondary N) is 1. The molecular formula is C11H12ClN3S. The standard InChI is InChI=1S/C11H12ClN3S/c12-8-1-2-9-10(7-8)16-14-11(9)15-5-3-13-4-6-15/h1-2,7,13H,3-6H2/i3D2,4D2,5D2,6D2. The molecule has 1 aliphatic heterocycles. The smallest absolute Gasteiger partial charge is 0.150 e. The number of nitrogens with zero attached hydrogens (tertiary/aromatic N) is 2. The summed E-state index contributed by atoms with van der Waals surface area (Å²) in [6.45, 7) is -11.5. The molecule has 5 heteroatoms. The molecule has 0 unspecified atom stereocenters. The molecule has 1 saturated heterocycles. The Balaban J connectivity index is 2.28. The van der Waals surface area contributed by atoms with Gasteiger partial charge in [0.1, 0.15) is 5.82 Å². The van der Waals surface area contributed by atoms with Gasteiger partial charge in [0.25, 0.3) is 0 Å². The summed E-state index contributed by atoms with van der Waals surface area (Å²) in [6, 6.07) is 4.63. The molecule has 0 spiro atoms. The lowest BCUT2D eigenvalue weighted by atomic mass is 10.2. The van der Waals surface area contributed by atoms with Crippen molar-refractivity contribution in [3.05, 3.63) is 23.2 Å². The van der Waals surface area contributed by atoms with E-state index in [-0.39, 0.29) is 5.82 Å². The predicted molar refractivity (Wildman–Crippen MR) is 69.7 cm³/mol. The topological polar surface area (TPSA) is 28.2 Å². The van der Waals surface area contributed by atoms with Crippen molar-refractivity contribution in [1.29, 1.82) is 0 Å². The van der Waals surface area contributed by atoms with Crippen LogP contribution >= 0.6 is 23.1 Å². The lowest BCUT2D eigenvalue weighted by Crippen LogP contribution is -2.43. The maximum Gasteiger partial charge on any atom is 0.150 e. The van der Waals surface area contributed by atoms with Crippen LogP contribution in [0.25, 0.3) is 10.1 Å². The van der Waals surface area contributed by atoms with Gasteiger partial charge in [-0.3, -0.25) is 0 Å². The number of benzene rings is 1. The molecule has 0 saturated carbocycles. The Labute approximate surface area is 114 Å². The zero-order valence-corrected chi connectivity index (χ0v) is 9.49. The largest absolute Gasteiger partial charge is 0.353 e. The van der Waals surface area contributed by atoms with E-state index in [9.17, 15) is 0 Å². The number of piperazine rings is 1. The summed E-state index contributed by atoms with van der Waals surface area (Å²) in [5, 5.41) is 2.58. The fourth-order valence-corrected chi connectivity index (χ4v) is 2.43. The molecule has 0 aliphatic carbocycles. The molecule has 2 heterocycles. The maximum atomic E-state index is 8.10. The molecule has 1 N–H and O–H groups in total. The third-order valence-electron chi connectivity index (χ3n) is 2.09. The number of halogens is 1. The minimum absolute atomic E-state index is 0.170. The quantitative estimate of drug-likeness (QED) is 0.854. The van der Waals surface area contributed by atoms with Crippen molar-refractivity contribution in [3.8, 4) is 0 Å². The highest BCUT2D eigenvalue weighted by molar-refractivity contribution is 7.13. The van der Waals surface area contributed by atoms with Crippen LogP contribution in [0.2, 0.25) is 5.02 Å². The number of anilines is 1. The van der Waals surface area contributed by atoms with Gasteiger partial charge in [0.15, 0.2) is 0 Å². The lowest BCUT2D eigenvalue weighted by molar-refractivity contribution is 0.587. The van der Waals surface area contributed by atoms with Crippen molar-refractivity contribution in [1.82, 2.24) is 9.69 Å². The molecule has 1 aromatic carbocycles. The summed E-state index contributed by atoms with van der Waals surface area (Å²) in [7, 11) is 0. The molecule has 1 aliphatic rings. The highest BCUT2D eigenvalue weighted by Crippen LogP contribution is 2.31. The van der Waals surface area contributed by atoms with Crippen LogP contribution in [0.5, 0.6) is 0 Å². The first-order chi connectivity index (χ1) is 10.8. The minimum Gasteiger partial charge on any atom is -0.353 e. The number of hydrogen-bond donors (Lipinski definition) is 1.